The molecule has 2 aromatic rings. The van der Waals surface area contributed by atoms with Gasteiger partial charge in [-0.1, -0.05) is 18.2 Å². The Hall–Kier alpha value is -2.80. The lowest BCUT2D eigenvalue weighted by Gasteiger charge is -2.27. The highest BCUT2D eigenvalue weighted by atomic mass is 32.1. The first-order valence-corrected chi connectivity index (χ1v) is 9.06. The summed E-state index contributed by atoms with van der Waals surface area (Å²) in [5.74, 6) is -0.951. The van der Waals surface area contributed by atoms with Crippen LogP contribution in [0.2, 0.25) is 0 Å². The molecule has 1 aliphatic heterocycles. The minimum atomic E-state index is -0.703. The van der Waals surface area contributed by atoms with Crippen molar-refractivity contribution in [2.75, 3.05) is 10.2 Å². The number of benzene rings is 2. The molecular formula is C20H20FN3O2S. The normalized spacial score (nSPS) is 17.0. The SMILES string of the molecule is CC(C)N1C(=S)N(c2ccc(F)cc2)C(=O)[C@H]1CC(=O)Nc1ccccc1. The fourth-order valence-electron chi connectivity index (χ4n) is 3.11. The van der Waals surface area contributed by atoms with E-state index in [0.717, 1.165) is 0 Å². The van der Waals surface area contributed by atoms with Crippen molar-refractivity contribution in [3.63, 3.8) is 0 Å². The van der Waals surface area contributed by atoms with Crippen LogP contribution in [0, 0.1) is 5.82 Å². The van der Waals surface area contributed by atoms with Gasteiger partial charge in [-0.2, -0.15) is 0 Å². The van der Waals surface area contributed by atoms with E-state index in [1.165, 1.54) is 29.2 Å². The molecule has 0 unspecified atom stereocenters. The first-order chi connectivity index (χ1) is 12.9. The summed E-state index contributed by atoms with van der Waals surface area (Å²) in [6.07, 6.45) is -0.0241. The molecule has 1 atom stereocenters. The molecule has 0 aliphatic carbocycles. The molecule has 1 fully saturated rings. The lowest BCUT2D eigenvalue weighted by atomic mass is 10.1. The number of hydrogen-bond donors (Lipinski definition) is 1. The number of carbonyl (C=O) groups is 2. The van der Waals surface area contributed by atoms with Gasteiger partial charge in [0.05, 0.1) is 12.1 Å². The molecule has 1 aliphatic rings. The first-order valence-electron chi connectivity index (χ1n) is 8.65. The number of nitrogens with one attached hydrogen (secondary N) is 1. The van der Waals surface area contributed by atoms with E-state index in [9.17, 15) is 14.0 Å². The van der Waals surface area contributed by atoms with Crippen LogP contribution in [0.4, 0.5) is 15.8 Å². The Morgan fingerprint density at radius 1 is 1.15 bits per heavy atom. The lowest BCUT2D eigenvalue weighted by Crippen LogP contribution is -2.42. The molecule has 3 rings (SSSR count). The number of amides is 2. The molecule has 7 heteroatoms. The molecule has 1 heterocycles. The van der Waals surface area contributed by atoms with Gasteiger partial charge >= 0.3 is 0 Å². The smallest absolute Gasteiger partial charge is 0.256 e. The number of anilines is 2. The summed E-state index contributed by atoms with van der Waals surface area (Å²) in [5.41, 5.74) is 1.16. The van der Waals surface area contributed by atoms with Crippen LogP contribution in [0.25, 0.3) is 0 Å². The molecule has 27 heavy (non-hydrogen) atoms. The van der Waals surface area contributed by atoms with Gasteiger partial charge < -0.3 is 10.2 Å². The molecule has 5 nitrogen and oxygen atoms in total. The van der Waals surface area contributed by atoms with Gasteiger partial charge in [0.25, 0.3) is 5.91 Å². The maximum atomic E-state index is 13.2. The van der Waals surface area contributed by atoms with E-state index < -0.39 is 11.9 Å². The van der Waals surface area contributed by atoms with Crippen molar-refractivity contribution in [2.45, 2.75) is 32.4 Å². The molecule has 0 bridgehead atoms. The molecule has 0 radical (unpaired) electrons. The van der Waals surface area contributed by atoms with Gasteiger partial charge in [-0.15, -0.1) is 0 Å². The van der Waals surface area contributed by atoms with Crippen molar-refractivity contribution in [2.24, 2.45) is 0 Å². The van der Waals surface area contributed by atoms with E-state index in [4.69, 9.17) is 12.2 Å². The summed E-state index contributed by atoms with van der Waals surface area (Å²) in [6.45, 7) is 3.83. The molecule has 2 amide bonds. The van der Waals surface area contributed by atoms with Gasteiger partial charge in [0.2, 0.25) is 5.91 Å². The minimum Gasteiger partial charge on any atom is -0.333 e. The third kappa shape index (κ3) is 3.98. The van der Waals surface area contributed by atoms with E-state index >= 15 is 0 Å². The molecule has 2 aromatic carbocycles. The van der Waals surface area contributed by atoms with Crippen LogP contribution >= 0.6 is 12.2 Å². The minimum absolute atomic E-state index is 0.0241. The summed E-state index contributed by atoms with van der Waals surface area (Å²) in [6, 6.07) is 13.9. The van der Waals surface area contributed by atoms with Crippen LogP contribution < -0.4 is 10.2 Å². The molecule has 0 saturated carbocycles. The van der Waals surface area contributed by atoms with Crippen LogP contribution in [-0.4, -0.2) is 33.9 Å². The highest BCUT2D eigenvalue weighted by Gasteiger charge is 2.45. The summed E-state index contributed by atoms with van der Waals surface area (Å²) in [4.78, 5) is 28.6. The maximum Gasteiger partial charge on any atom is 0.256 e. The second-order valence-electron chi connectivity index (χ2n) is 6.57. The average Bonchev–Trinajstić information content (AvgIpc) is 2.87. The Kier molecular flexibility index (Phi) is 5.51. The summed E-state index contributed by atoms with van der Waals surface area (Å²) in [5, 5.41) is 3.12. The van der Waals surface area contributed by atoms with Gasteiger partial charge in [-0.05, 0) is 62.5 Å². The number of thiocarbonyl (C=S) groups is 1. The quantitative estimate of drug-likeness (QED) is 0.800. The number of halogens is 1. The largest absolute Gasteiger partial charge is 0.333 e. The van der Waals surface area contributed by atoms with Gasteiger partial charge in [0, 0.05) is 11.7 Å². The molecule has 0 spiro atoms. The fourth-order valence-corrected chi connectivity index (χ4v) is 3.65. The van der Waals surface area contributed by atoms with Gasteiger partial charge in [0.15, 0.2) is 5.11 Å². The predicted octanol–water partition coefficient (Wildman–Crippen LogP) is 3.57. The molecule has 1 N–H and O–H groups in total. The number of para-hydroxylation sites is 1. The molecule has 1 saturated heterocycles. The third-order valence-electron chi connectivity index (χ3n) is 4.33. The highest BCUT2D eigenvalue weighted by molar-refractivity contribution is 7.80. The Morgan fingerprint density at radius 2 is 1.78 bits per heavy atom. The zero-order valence-corrected chi connectivity index (χ0v) is 15.9. The standard InChI is InChI=1S/C20H20FN3O2S/c1-13(2)23-17(12-18(25)22-15-6-4-3-5-7-15)19(26)24(20(23)27)16-10-8-14(21)9-11-16/h3-11,13,17H,12H2,1-2H3,(H,22,25)/t17-/m1/s1. The third-order valence-corrected chi connectivity index (χ3v) is 4.72. The van der Waals surface area contributed by atoms with Crippen molar-refractivity contribution in [3.8, 4) is 0 Å². The monoisotopic (exact) mass is 385 g/mol. The number of nitrogens with zero attached hydrogens (tertiary/aromatic N) is 2. The van der Waals surface area contributed by atoms with Crippen molar-refractivity contribution in [1.29, 1.82) is 0 Å². The second-order valence-corrected chi connectivity index (χ2v) is 6.93. The Bertz CT molecular complexity index is 855. The summed E-state index contributed by atoms with van der Waals surface area (Å²) >= 11 is 5.50. The van der Waals surface area contributed by atoms with E-state index in [0.29, 0.717) is 16.5 Å². The summed E-state index contributed by atoms with van der Waals surface area (Å²) in [7, 11) is 0. The van der Waals surface area contributed by atoms with E-state index in [1.54, 1.807) is 17.0 Å². The van der Waals surface area contributed by atoms with Crippen LogP contribution in [0.15, 0.2) is 54.6 Å². The molecular weight excluding hydrogens is 365 g/mol. The van der Waals surface area contributed by atoms with Crippen molar-refractivity contribution >= 4 is 40.5 Å². The zero-order chi connectivity index (χ0) is 19.6. The number of hydrogen-bond acceptors (Lipinski definition) is 3. The Morgan fingerprint density at radius 3 is 2.37 bits per heavy atom. The summed E-state index contributed by atoms with van der Waals surface area (Å²) < 4.78 is 13.2. The van der Waals surface area contributed by atoms with Crippen molar-refractivity contribution < 1.29 is 14.0 Å². The van der Waals surface area contributed by atoms with Crippen molar-refractivity contribution in [3.05, 3.63) is 60.4 Å². The van der Waals surface area contributed by atoms with Gasteiger partial charge in [0.1, 0.15) is 11.9 Å². The van der Waals surface area contributed by atoms with Crippen LogP contribution in [0.5, 0.6) is 0 Å². The number of rotatable bonds is 5. The zero-order valence-electron chi connectivity index (χ0n) is 15.1. The van der Waals surface area contributed by atoms with Crippen LogP contribution in [0.1, 0.15) is 20.3 Å². The second kappa shape index (κ2) is 7.84. The van der Waals surface area contributed by atoms with Gasteiger partial charge in [-0.25, -0.2) is 4.39 Å². The van der Waals surface area contributed by atoms with Crippen LogP contribution in [0.3, 0.4) is 0 Å². The maximum absolute atomic E-state index is 13.2. The highest BCUT2D eigenvalue weighted by Crippen LogP contribution is 2.29. The first kappa shape index (κ1) is 19.0. The Balaban J connectivity index is 1.82. The Labute approximate surface area is 162 Å². The van der Waals surface area contributed by atoms with Crippen molar-refractivity contribution in [1.82, 2.24) is 4.90 Å². The molecule has 140 valence electrons. The van der Waals surface area contributed by atoms with E-state index in [-0.39, 0.29) is 24.3 Å². The lowest BCUT2D eigenvalue weighted by molar-refractivity contribution is -0.124. The van der Waals surface area contributed by atoms with E-state index in [1.807, 2.05) is 32.0 Å². The van der Waals surface area contributed by atoms with Gasteiger partial charge in [-0.3, -0.25) is 14.5 Å². The predicted molar refractivity (Wildman–Crippen MR) is 107 cm³/mol. The fraction of sp³-hybridized carbons (Fsp3) is 0.250. The van der Waals surface area contributed by atoms with E-state index in [2.05, 4.69) is 5.32 Å². The molecule has 0 aromatic heterocycles. The topological polar surface area (TPSA) is 52.7 Å². The number of carbonyl (C=O) groups excluding carboxylic acids is 2. The average molecular weight is 385 g/mol. The van der Waals surface area contributed by atoms with Crippen LogP contribution in [-0.2, 0) is 9.59 Å².